The van der Waals surface area contributed by atoms with Gasteiger partial charge in [0.15, 0.2) is 5.78 Å². The van der Waals surface area contributed by atoms with Crippen molar-refractivity contribution in [3.63, 3.8) is 0 Å². The van der Waals surface area contributed by atoms with Crippen LogP contribution in [0.4, 0.5) is 11.6 Å². The Morgan fingerprint density at radius 1 is 1.38 bits per heavy atom. The van der Waals surface area contributed by atoms with Crippen molar-refractivity contribution in [2.24, 2.45) is 0 Å². The maximum absolute atomic E-state index is 11.3. The van der Waals surface area contributed by atoms with Gasteiger partial charge in [-0.15, -0.1) is 0 Å². The summed E-state index contributed by atoms with van der Waals surface area (Å²) in [6.45, 7) is 0. The molecule has 0 atom stereocenters. The van der Waals surface area contributed by atoms with E-state index < -0.39 is 0 Å². The molecule has 0 radical (unpaired) electrons. The number of carbonyl (C=O) groups excluding carboxylic acids is 2. The first-order chi connectivity index (χ1) is 6.16. The predicted octanol–water partition coefficient (Wildman–Crippen LogP) is 0.189. The van der Waals surface area contributed by atoms with Crippen LogP contribution in [0.2, 0.25) is 0 Å². The van der Waals surface area contributed by atoms with Crippen molar-refractivity contribution in [1.29, 1.82) is 0 Å². The van der Waals surface area contributed by atoms with Gasteiger partial charge in [0, 0.05) is 0 Å². The number of fused-ring (bicyclic) bond motifs is 1. The Kier molecular flexibility index (Phi) is 1.51. The van der Waals surface area contributed by atoms with Crippen LogP contribution >= 0.6 is 0 Å². The maximum atomic E-state index is 11.3. The van der Waals surface area contributed by atoms with Crippen molar-refractivity contribution in [2.75, 3.05) is 11.1 Å². The minimum Gasteiger partial charge on any atom is -0.384 e. The summed E-state index contributed by atoms with van der Waals surface area (Å²) in [5, 5.41) is 2.48. The average Bonchev–Trinajstić information content (AvgIpc) is 2.02. The summed E-state index contributed by atoms with van der Waals surface area (Å²) in [5.74, 6) is -0.00292. The lowest BCUT2D eigenvalue weighted by molar-refractivity contribution is -0.115. The Hall–Kier alpha value is -1.91. The summed E-state index contributed by atoms with van der Waals surface area (Å²) in [7, 11) is 0. The van der Waals surface area contributed by atoms with Gasteiger partial charge in [-0.05, 0) is 12.1 Å². The quantitative estimate of drug-likeness (QED) is 0.554. The van der Waals surface area contributed by atoms with Crippen molar-refractivity contribution >= 4 is 23.3 Å². The van der Waals surface area contributed by atoms with E-state index in [2.05, 4.69) is 10.3 Å². The van der Waals surface area contributed by atoms with E-state index in [1.807, 2.05) is 0 Å². The molecule has 1 aromatic heterocycles. The fourth-order valence-corrected chi connectivity index (χ4v) is 1.21. The molecule has 66 valence electrons. The van der Waals surface area contributed by atoms with Gasteiger partial charge in [0.2, 0.25) is 5.91 Å². The summed E-state index contributed by atoms with van der Waals surface area (Å²) in [6.07, 6.45) is -0.113. The molecule has 1 aliphatic rings. The predicted molar refractivity (Wildman–Crippen MR) is 46.2 cm³/mol. The molecule has 0 saturated carbocycles. The van der Waals surface area contributed by atoms with Gasteiger partial charge in [-0.1, -0.05) is 0 Å². The second-order valence-corrected chi connectivity index (χ2v) is 2.78. The van der Waals surface area contributed by atoms with Gasteiger partial charge < -0.3 is 11.1 Å². The highest BCUT2D eigenvalue weighted by Crippen LogP contribution is 2.20. The number of hydrogen-bond donors (Lipinski definition) is 2. The molecule has 1 aliphatic heterocycles. The van der Waals surface area contributed by atoms with Crippen LogP contribution in [0, 0.1) is 0 Å². The van der Waals surface area contributed by atoms with E-state index in [4.69, 9.17) is 5.73 Å². The van der Waals surface area contributed by atoms with E-state index in [1.54, 1.807) is 6.07 Å². The number of carbonyl (C=O) groups is 2. The molecular weight excluding hydrogens is 170 g/mol. The van der Waals surface area contributed by atoms with Crippen LogP contribution in [0.25, 0.3) is 0 Å². The zero-order chi connectivity index (χ0) is 9.42. The van der Waals surface area contributed by atoms with Gasteiger partial charge in [-0.2, -0.15) is 0 Å². The van der Waals surface area contributed by atoms with Gasteiger partial charge in [0.1, 0.15) is 11.6 Å². The first-order valence-electron chi connectivity index (χ1n) is 3.76. The van der Waals surface area contributed by atoms with Crippen molar-refractivity contribution in [3.05, 3.63) is 17.7 Å². The molecule has 0 aliphatic carbocycles. The van der Waals surface area contributed by atoms with Crippen molar-refractivity contribution in [3.8, 4) is 0 Å². The molecule has 0 spiro atoms. The Morgan fingerprint density at radius 2 is 2.15 bits per heavy atom. The largest absolute Gasteiger partial charge is 0.384 e. The zero-order valence-electron chi connectivity index (χ0n) is 6.70. The van der Waals surface area contributed by atoms with E-state index in [-0.39, 0.29) is 29.7 Å². The van der Waals surface area contributed by atoms with E-state index in [0.29, 0.717) is 5.56 Å². The lowest BCUT2D eigenvalue weighted by Crippen LogP contribution is -2.25. The van der Waals surface area contributed by atoms with Gasteiger partial charge in [-0.25, -0.2) is 4.98 Å². The maximum Gasteiger partial charge on any atom is 0.233 e. The first-order valence-corrected chi connectivity index (χ1v) is 3.76. The number of ketones is 1. The number of rotatable bonds is 0. The molecule has 0 saturated heterocycles. The second kappa shape index (κ2) is 2.55. The standard InChI is InChI=1S/C8H7N3O2/c9-6-2-1-4-5(12)3-7(13)11-8(4)10-6/h1-2H,3H2,(H3,9,10,11,13). The molecule has 2 heterocycles. The number of anilines is 2. The van der Waals surface area contributed by atoms with Crippen molar-refractivity contribution < 1.29 is 9.59 Å². The fourth-order valence-electron chi connectivity index (χ4n) is 1.21. The monoisotopic (exact) mass is 177 g/mol. The average molecular weight is 177 g/mol. The van der Waals surface area contributed by atoms with Crippen molar-refractivity contribution in [1.82, 2.24) is 4.98 Å². The van der Waals surface area contributed by atoms with Crippen LogP contribution in [0.5, 0.6) is 0 Å². The smallest absolute Gasteiger partial charge is 0.233 e. The molecule has 1 aromatic rings. The molecule has 5 nitrogen and oxygen atoms in total. The minimum absolute atomic E-state index is 0.113. The van der Waals surface area contributed by atoms with Gasteiger partial charge in [0.25, 0.3) is 0 Å². The fraction of sp³-hybridized carbons (Fsp3) is 0.125. The summed E-state index contributed by atoms with van der Waals surface area (Å²) < 4.78 is 0. The number of amides is 1. The number of hydrogen-bond acceptors (Lipinski definition) is 4. The highest BCUT2D eigenvalue weighted by molar-refractivity contribution is 6.18. The van der Waals surface area contributed by atoms with Crippen LogP contribution in [-0.2, 0) is 4.79 Å². The third kappa shape index (κ3) is 1.24. The van der Waals surface area contributed by atoms with Crippen LogP contribution < -0.4 is 11.1 Å². The van der Waals surface area contributed by atoms with Crippen molar-refractivity contribution in [2.45, 2.75) is 6.42 Å². The van der Waals surface area contributed by atoms with E-state index in [9.17, 15) is 9.59 Å². The first kappa shape index (κ1) is 7.72. The SMILES string of the molecule is Nc1ccc2c(n1)NC(=O)CC2=O. The number of pyridine rings is 1. The van der Waals surface area contributed by atoms with Crippen LogP contribution in [0.1, 0.15) is 16.8 Å². The Labute approximate surface area is 74.0 Å². The lowest BCUT2D eigenvalue weighted by Gasteiger charge is -2.14. The number of nitrogens with one attached hydrogen (secondary N) is 1. The molecule has 3 N–H and O–H groups in total. The molecule has 13 heavy (non-hydrogen) atoms. The number of nitrogens with zero attached hydrogens (tertiary/aromatic N) is 1. The van der Waals surface area contributed by atoms with E-state index in [1.165, 1.54) is 6.07 Å². The molecule has 0 fully saturated rings. The van der Waals surface area contributed by atoms with Gasteiger partial charge in [0.05, 0.1) is 12.0 Å². The highest BCUT2D eigenvalue weighted by Gasteiger charge is 2.23. The third-order valence-electron chi connectivity index (χ3n) is 1.80. The summed E-state index contributed by atoms with van der Waals surface area (Å²) in [6, 6.07) is 3.10. The third-order valence-corrected chi connectivity index (χ3v) is 1.80. The van der Waals surface area contributed by atoms with E-state index >= 15 is 0 Å². The van der Waals surface area contributed by atoms with E-state index in [0.717, 1.165) is 0 Å². The molecule has 2 rings (SSSR count). The molecule has 5 heteroatoms. The Balaban J connectivity index is 2.55. The zero-order valence-corrected chi connectivity index (χ0v) is 6.70. The second-order valence-electron chi connectivity index (χ2n) is 2.78. The Bertz CT molecular complexity index is 400. The van der Waals surface area contributed by atoms with Crippen LogP contribution in [0.3, 0.4) is 0 Å². The topological polar surface area (TPSA) is 85.1 Å². The van der Waals surface area contributed by atoms with Gasteiger partial charge in [-0.3, -0.25) is 9.59 Å². The Morgan fingerprint density at radius 3 is 2.92 bits per heavy atom. The molecular formula is C8H7N3O2. The summed E-state index contributed by atoms with van der Waals surface area (Å²) in [4.78, 5) is 26.0. The molecule has 1 amide bonds. The normalized spacial score (nSPS) is 15.1. The number of aromatic nitrogens is 1. The van der Waals surface area contributed by atoms with Crippen LogP contribution in [-0.4, -0.2) is 16.7 Å². The van der Waals surface area contributed by atoms with Gasteiger partial charge >= 0.3 is 0 Å². The highest BCUT2D eigenvalue weighted by atomic mass is 16.2. The number of Topliss-reactive ketones (excluding diaryl/α,β-unsaturated/α-hetero) is 1. The minimum atomic E-state index is -0.337. The summed E-state index contributed by atoms with van der Waals surface area (Å²) in [5.41, 5.74) is 5.82. The molecule has 0 unspecified atom stereocenters. The number of nitrogen functional groups attached to an aromatic ring is 1. The van der Waals surface area contributed by atoms with Crippen LogP contribution in [0.15, 0.2) is 12.1 Å². The number of nitrogens with two attached hydrogens (primary N) is 1. The molecule has 0 aromatic carbocycles. The summed E-state index contributed by atoms with van der Waals surface area (Å²) >= 11 is 0. The molecule has 0 bridgehead atoms. The lowest BCUT2D eigenvalue weighted by atomic mass is 10.1.